The Hall–Kier alpha value is -0.610. The second kappa shape index (κ2) is 6.36. The molecule has 0 saturated heterocycles. The molecule has 1 saturated carbocycles. The van der Waals surface area contributed by atoms with Crippen molar-refractivity contribution in [2.24, 2.45) is 0 Å². The summed E-state index contributed by atoms with van der Waals surface area (Å²) in [6.07, 6.45) is 4.49. The minimum Gasteiger partial charge on any atom is -0.480 e. The number of hydrogen-bond donors (Lipinski definition) is 2. The topological polar surface area (TPSA) is 58.6 Å². The third-order valence-electron chi connectivity index (χ3n) is 3.27. The SMILES string of the molecule is CCC(CCCOC(C)C)(NC1CC1)C(=O)O. The maximum absolute atomic E-state index is 11.4. The lowest BCUT2D eigenvalue weighted by atomic mass is 9.90. The Bertz CT molecular complexity index is 251. The van der Waals surface area contributed by atoms with Crippen molar-refractivity contribution in [2.45, 2.75) is 70.6 Å². The van der Waals surface area contributed by atoms with E-state index in [1.807, 2.05) is 20.8 Å². The molecular weight excluding hydrogens is 218 g/mol. The van der Waals surface area contributed by atoms with Gasteiger partial charge in [0.05, 0.1) is 6.10 Å². The van der Waals surface area contributed by atoms with Crippen LogP contribution in [0.15, 0.2) is 0 Å². The van der Waals surface area contributed by atoms with Crippen molar-refractivity contribution in [3.63, 3.8) is 0 Å². The lowest BCUT2D eigenvalue weighted by molar-refractivity contribution is -0.145. The van der Waals surface area contributed by atoms with Gasteiger partial charge in [0.25, 0.3) is 0 Å². The highest BCUT2D eigenvalue weighted by Gasteiger charge is 2.40. The van der Waals surface area contributed by atoms with Crippen molar-refractivity contribution in [2.75, 3.05) is 6.61 Å². The smallest absolute Gasteiger partial charge is 0.323 e. The average Bonchev–Trinajstić information content (AvgIpc) is 3.05. The summed E-state index contributed by atoms with van der Waals surface area (Å²) in [5.41, 5.74) is -0.749. The van der Waals surface area contributed by atoms with Crippen molar-refractivity contribution in [3.8, 4) is 0 Å². The Kier molecular flexibility index (Phi) is 5.40. The molecule has 0 spiro atoms. The third-order valence-corrected chi connectivity index (χ3v) is 3.27. The zero-order valence-electron chi connectivity index (χ0n) is 11.2. The average molecular weight is 243 g/mol. The van der Waals surface area contributed by atoms with Crippen LogP contribution >= 0.6 is 0 Å². The van der Waals surface area contributed by atoms with Gasteiger partial charge < -0.3 is 9.84 Å². The Balaban J connectivity index is 2.41. The van der Waals surface area contributed by atoms with Gasteiger partial charge in [0, 0.05) is 12.6 Å². The molecule has 0 aliphatic heterocycles. The van der Waals surface area contributed by atoms with Crippen LogP contribution in [-0.4, -0.2) is 35.4 Å². The molecule has 0 aromatic carbocycles. The molecule has 1 aliphatic rings. The van der Waals surface area contributed by atoms with Crippen molar-refractivity contribution in [1.82, 2.24) is 5.32 Å². The second-order valence-corrected chi connectivity index (χ2v) is 5.18. The lowest BCUT2D eigenvalue weighted by Crippen LogP contribution is -2.52. The summed E-state index contributed by atoms with van der Waals surface area (Å²) in [6.45, 7) is 6.56. The number of carbonyl (C=O) groups is 1. The van der Waals surface area contributed by atoms with E-state index >= 15 is 0 Å². The maximum atomic E-state index is 11.4. The molecule has 0 aromatic heterocycles. The number of nitrogens with one attached hydrogen (secondary N) is 1. The van der Waals surface area contributed by atoms with Gasteiger partial charge in [0.15, 0.2) is 0 Å². The van der Waals surface area contributed by atoms with E-state index in [4.69, 9.17) is 4.74 Å². The van der Waals surface area contributed by atoms with Crippen LogP contribution in [0.2, 0.25) is 0 Å². The molecule has 100 valence electrons. The number of rotatable bonds is 9. The molecule has 0 bridgehead atoms. The standard InChI is InChI=1S/C13H25NO3/c1-4-13(12(15)16,14-11-6-7-11)8-5-9-17-10(2)3/h10-11,14H,4-9H2,1-3H3,(H,15,16). The zero-order valence-corrected chi connectivity index (χ0v) is 11.2. The van der Waals surface area contributed by atoms with E-state index in [0.29, 0.717) is 25.5 Å². The minimum absolute atomic E-state index is 0.215. The van der Waals surface area contributed by atoms with Crippen LogP contribution in [-0.2, 0) is 9.53 Å². The fourth-order valence-electron chi connectivity index (χ4n) is 1.98. The van der Waals surface area contributed by atoms with E-state index in [1.165, 1.54) is 0 Å². The van der Waals surface area contributed by atoms with E-state index < -0.39 is 11.5 Å². The predicted octanol–water partition coefficient (Wildman–Crippen LogP) is 2.18. The zero-order chi connectivity index (χ0) is 12.9. The van der Waals surface area contributed by atoms with Crippen LogP contribution < -0.4 is 5.32 Å². The van der Waals surface area contributed by atoms with Crippen LogP contribution in [0.25, 0.3) is 0 Å². The van der Waals surface area contributed by atoms with E-state index in [0.717, 1.165) is 19.3 Å². The molecule has 0 heterocycles. The molecule has 2 N–H and O–H groups in total. The molecule has 1 rings (SSSR count). The van der Waals surface area contributed by atoms with Crippen LogP contribution in [0.3, 0.4) is 0 Å². The number of carboxylic acids is 1. The highest BCUT2D eigenvalue weighted by Crippen LogP contribution is 2.27. The molecule has 1 unspecified atom stereocenters. The molecule has 4 nitrogen and oxygen atoms in total. The minimum atomic E-state index is -0.749. The highest BCUT2D eigenvalue weighted by molar-refractivity contribution is 5.78. The summed E-state index contributed by atoms with van der Waals surface area (Å²) in [5.74, 6) is -0.726. The van der Waals surface area contributed by atoms with Gasteiger partial charge in [0.2, 0.25) is 0 Å². The molecule has 0 aromatic rings. The first kappa shape index (κ1) is 14.5. The summed E-state index contributed by atoms with van der Waals surface area (Å²) in [6, 6.07) is 0.414. The molecular formula is C13H25NO3. The van der Waals surface area contributed by atoms with Gasteiger partial charge in [-0.3, -0.25) is 10.1 Å². The Morgan fingerprint density at radius 3 is 2.59 bits per heavy atom. The molecule has 1 aliphatic carbocycles. The summed E-state index contributed by atoms with van der Waals surface area (Å²) >= 11 is 0. The van der Waals surface area contributed by atoms with Gasteiger partial charge >= 0.3 is 5.97 Å². The number of ether oxygens (including phenoxy) is 1. The van der Waals surface area contributed by atoms with Crippen molar-refractivity contribution < 1.29 is 14.6 Å². The van der Waals surface area contributed by atoms with E-state index in [9.17, 15) is 9.90 Å². The first-order valence-electron chi connectivity index (χ1n) is 6.63. The highest BCUT2D eigenvalue weighted by atomic mass is 16.5. The molecule has 4 heteroatoms. The predicted molar refractivity (Wildman–Crippen MR) is 67.1 cm³/mol. The van der Waals surface area contributed by atoms with Gasteiger partial charge in [-0.05, 0) is 46.0 Å². The summed E-state index contributed by atoms with van der Waals surface area (Å²) in [7, 11) is 0. The molecule has 17 heavy (non-hydrogen) atoms. The van der Waals surface area contributed by atoms with Crippen molar-refractivity contribution in [1.29, 1.82) is 0 Å². The van der Waals surface area contributed by atoms with E-state index in [-0.39, 0.29) is 6.10 Å². The van der Waals surface area contributed by atoms with Gasteiger partial charge in [-0.15, -0.1) is 0 Å². The van der Waals surface area contributed by atoms with Crippen molar-refractivity contribution in [3.05, 3.63) is 0 Å². The van der Waals surface area contributed by atoms with Gasteiger partial charge in [-0.25, -0.2) is 0 Å². The maximum Gasteiger partial charge on any atom is 0.323 e. The molecule has 0 amide bonds. The first-order valence-corrected chi connectivity index (χ1v) is 6.63. The monoisotopic (exact) mass is 243 g/mol. The summed E-state index contributed by atoms with van der Waals surface area (Å²) in [4.78, 5) is 11.4. The normalized spacial score (nSPS) is 19.3. The van der Waals surface area contributed by atoms with Gasteiger partial charge in [-0.1, -0.05) is 6.92 Å². The number of hydrogen-bond acceptors (Lipinski definition) is 3. The second-order valence-electron chi connectivity index (χ2n) is 5.18. The van der Waals surface area contributed by atoms with Crippen LogP contribution in [0.5, 0.6) is 0 Å². The Morgan fingerprint density at radius 2 is 2.18 bits per heavy atom. The Labute approximate surface area is 104 Å². The summed E-state index contributed by atoms with van der Waals surface area (Å²) < 4.78 is 5.46. The van der Waals surface area contributed by atoms with E-state index in [2.05, 4.69) is 5.32 Å². The van der Waals surface area contributed by atoms with Gasteiger partial charge in [0.1, 0.15) is 5.54 Å². The van der Waals surface area contributed by atoms with E-state index in [1.54, 1.807) is 0 Å². The number of carboxylic acid groups (broad SMARTS) is 1. The Morgan fingerprint density at radius 1 is 1.53 bits per heavy atom. The molecule has 1 atom stereocenters. The molecule has 0 radical (unpaired) electrons. The third kappa shape index (κ3) is 4.64. The first-order chi connectivity index (χ1) is 8.00. The van der Waals surface area contributed by atoms with Crippen molar-refractivity contribution >= 4 is 5.97 Å². The molecule has 1 fully saturated rings. The number of aliphatic carboxylic acids is 1. The van der Waals surface area contributed by atoms with Crippen LogP contribution in [0.4, 0.5) is 0 Å². The van der Waals surface area contributed by atoms with Crippen LogP contribution in [0, 0.1) is 0 Å². The van der Waals surface area contributed by atoms with Gasteiger partial charge in [-0.2, -0.15) is 0 Å². The lowest BCUT2D eigenvalue weighted by Gasteiger charge is -2.29. The fraction of sp³-hybridized carbons (Fsp3) is 0.923. The summed E-state index contributed by atoms with van der Waals surface area (Å²) in [5, 5.41) is 12.7. The van der Waals surface area contributed by atoms with Crippen LogP contribution in [0.1, 0.15) is 52.9 Å². The quantitative estimate of drug-likeness (QED) is 0.609. The fourth-order valence-corrected chi connectivity index (χ4v) is 1.98. The largest absolute Gasteiger partial charge is 0.480 e.